The molecule has 0 saturated heterocycles. The number of rotatable bonds is 5. The lowest BCUT2D eigenvalue weighted by atomic mass is 10.0. The molecule has 0 fully saturated rings. The zero-order chi connectivity index (χ0) is 24.5. The zero-order valence-electron chi connectivity index (χ0n) is 19.4. The maximum absolute atomic E-state index is 12.9. The van der Waals surface area contributed by atoms with Gasteiger partial charge in [-0.2, -0.15) is 0 Å². The minimum absolute atomic E-state index is 0.182. The highest BCUT2D eigenvalue weighted by Gasteiger charge is 2.29. The fourth-order valence-corrected chi connectivity index (χ4v) is 3.89. The molecule has 0 saturated carbocycles. The number of carbonyl (C=O) groups excluding carboxylic acids is 2. The van der Waals surface area contributed by atoms with E-state index in [0.717, 1.165) is 16.9 Å². The van der Waals surface area contributed by atoms with Gasteiger partial charge in [0.25, 0.3) is 0 Å². The lowest BCUT2D eigenvalue weighted by molar-refractivity contribution is 0.0733. The van der Waals surface area contributed by atoms with Crippen molar-refractivity contribution in [2.75, 3.05) is 14.2 Å². The third kappa shape index (κ3) is 4.36. The molecular formula is C28H22O7. The van der Waals surface area contributed by atoms with Crippen molar-refractivity contribution < 1.29 is 33.3 Å². The Bertz CT molecular complexity index is 1380. The SMILES string of the molecule is COc1cc(OC)cc(C(=O)Oc2ccc3c(c2)OC(=CC2=Cc4ccccc4O[C@H]2C)C3=O)c1. The molecule has 35 heavy (non-hydrogen) atoms. The predicted octanol–water partition coefficient (Wildman–Crippen LogP) is 5.25. The van der Waals surface area contributed by atoms with Crippen molar-refractivity contribution >= 4 is 17.8 Å². The molecule has 7 nitrogen and oxygen atoms in total. The summed E-state index contributed by atoms with van der Waals surface area (Å²) in [5, 5.41) is 0. The second-order valence-corrected chi connectivity index (χ2v) is 8.03. The Morgan fingerprint density at radius 3 is 2.40 bits per heavy atom. The minimum Gasteiger partial charge on any atom is -0.497 e. The van der Waals surface area contributed by atoms with Gasteiger partial charge in [-0.25, -0.2) is 4.79 Å². The van der Waals surface area contributed by atoms with Crippen molar-refractivity contribution in [1.29, 1.82) is 0 Å². The van der Waals surface area contributed by atoms with Crippen LogP contribution in [-0.2, 0) is 0 Å². The summed E-state index contributed by atoms with van der Waals surface area (Å²) in [6.45, 7) is 1.91. The largest absolute Gasteiger partial charge is 0.497 e. The fraction of sp³-hybridized carbons (Fsp3) is 0.143. The Morgan fingerprint density at radius 2 is 1.66 bits per heavy atom. The Balaban J connectivity index is 1.37. The van der Waals surface area contributed by atoms with Gasteiger partial charge in [-0.05, 0) is 55.0 Å². The number of ether oxygens (including phenoxy) is 5. The number of carbonyl (C=O) groups is 2. The predicted molar refractivity (Wildman–Crippen MR) is 128 cm³/mol. The van der Waals surface area contributed by atoms with E-state index in [-0.39, 0.29) is 29.0 Å². The van der Waals surface area contributed by atoms with E-state index in [1.807, 2.05) is 37.3 Å². The van der Waals surface area contributed by atoms with E-state index in [9.17, 15) is 9.59 Å². The van der Waals surface area contributed by atoms with Crippen LogP contribution in [0.4, 0.5) is 0 Å². The summed E-state index contributed by atoms with van der Waals surface area (Å²) >= 11 is 0. The summed E-state index contributed by atoms with van der Waals surface area (Å²) in [7, 11) is 3.00. The first-order valence-electron chi connectivity index (χ1n) is 11.0. The zero-order valence-corrected chi connectivity index (χ0v) is 19.4. The minimum atomic E-state index is -0.598. The van der Waals surface area contributed by atoms with Crippen molar-refractivity contribution in [1.82, 2.24) is 0 Å². The molecule has 3 aromatic carbocycles. The van der Waals surface area contributed by atoms with Gasteiger partial charge in [0.2, 0.25) is 5.78 Å². The van der Waals surface area contributed by atoms with Crippen LogP contribution in [0.25, 0.3) is 6.08 Å². The molecule has 0 amide bonds. The monoisotopic (exact) mass is 470 g/mol. The summed E-state index contributed by atoms with van der Waals surface area (Å²) < 4.78 is 27.7. The average Bonchev–Trinajstić information content (AvgIpc) is 3.18. The summed E-state index contributed by atoms with van der Waals surface area (Å²) in [6.07, 6.45) is 3.43. The van der Waals surface area contributed by atoms with Crippen LogP contribution in [0.15, 0.2) is 78.1 Å². The molecule has 0 N–H and O–H groups in total. The number of benzene rings is 3. The van der Waals surface area contributed by atoms with Crippen molar-refractivity contribution in [3.8, 4) is 28.7 Å². The number of allylic oxidation sites excluding steroid dienone is 1. The number of hydrogen-bond donors (Lipinski definition) is 0. The van der Waals surface area contributed by atoms with E-state index in [1.165, 1.54) is 20.3 Å². The van der Waals surface area contributed by atoms with E-state index >= 15 is 0 Å². The van der Waals surface area contributed by atoms with Gasteiger partial charge in [-0.15, -0.1) is 0 Å². The van der Waals surface area contributed by atoms with Gasteiger partial charge in [-0.1, -0.05) is 18.2 Å². The molecule has 1 atom stereocenters. The van der Waals surface area contributed by atoms with Gasteiger partial charge in [0.05, 0.1) is 25.3 Å². The summed E-state index contributed by atoms with van der Waals surface area (Å²) in [4.78, 5) is 25.6. The molecule has 0 spiro atoms. The van der Waals surface area contributed by atoms with Gasteiger partial charge in [-0.3, -0.25) is 4.79 Å². The Kier molecular flexibility index (Phi) is 5.74. The van der Waals surface area contributed by atoms with Crippen LogP contribution in [-0.4, -0.2) is 32.1 Å². The van der Waals surface area contributed by atoms with Gasteiger partial charge >= 0.3 is 5.97 Å². The van der Waals surface area contributed by atoms with Gasteiger partial charge in [0, 0.05) is 17.7 Å². The van der Waals surface area contributed by atoms with Crippen molar-refractivity contribution in [2.45, 2.75) is 13.0 Å². The number of methoxy groups -OCH3 is 2. The average molecular weight is 470 g/mol. The van der Waals surface area contributed by atoms with Crippen LogP contribution in [0.3, 0.4) is 0 Å². The summed E-state index contributed by atoms with van der Waals surface area (Å²) in [5.74, 6) is 1.62. The number of Topliss-reactive ketones (excluding diaryl/α,β-unsaturated/α-hetero) is 1. The lowest BCUT2D eigenvalue weighted by Gasteiger charge is -2.22. The van der Waals surface area contributed by atoms with Crippen LogP contribution in [0, 0.1) is 0 Å². The standard InChI is InChI=1S/C28H22O7/c1-16-18(10-17-6-4-5-7-24(17)33-16)13-26-27(29)23-9-8-20(15-25(23)35-26)34-28(30)19-11-21(31-2)14-22(12-19)32-3/h4-16H,1-3H3/t16-/m0/s1. The van der Waals surface area contributed by atoms with Crippen LogP contribution >= 0.6 is 0 Å². The number of hydrogen-bond acceptors (Lipinski definition) is 7. The first-order chi connectivity index (χ1) is 16.9. The summed E-state index contributed by atoms with van der Waals surface area (Å²) in [5.41, 5.74) is 2.41. The van der Waals surface area contributed by atoms with E-state index in [4.69, 9.17) is 23.7 Å². The first kappa shape index (κ1) is 22.3. The molecule has 176 valence electrons. The second kappa shape index (κ2) is 9.02. The highest BCUT2D eigenvalue weighted by molar-refractivity contribution is 6.12. The molecule has 5 rings (SSSR count). The molecule has 2 aliphatic heterocycles. The molecule has 2 aliphatic rings. The molecule has 0 aromatic heterocycles. The van der Waals surface area contributed by atoms with E-state index in [0.29, 0.717) is 22.8 Å². The van der Waals surface area contributed by atoms with E-state index in [1.54, 1.807) is 36.4 Å². The van der Waals surface area contributed by atoms with Crippen LogP contribution in [0.1, 0.15) is 33.2 Å². The van der Waals surface area contributed by atoms with Gasteiger partial charge in [0.15, 0.2) is 5.76 Å². The normalized spacial score (nSPS) is 17.0. The van der Waals surface area contributed by atoms with Crippen LogP contribution < -0.4 is 23.7 Å². The highest BCUT2D eigenvalue weighted by Crippen LogP contribution is 2.37. The molecule has 0 unspecified atom stereocenters. The Labute approximate surface area is 202 Å². The molecule has 3 aromatic rings. The van der Waals surface area contributed by atoms with E-state index in [2.05, 4.69) is 0 Å². The second-order valence-electron chi connectivity index (χ2n) is 8.03. The fourth-order valence-electron chi connectivity index (χ4n) is 3.89. The molecule has 7 heteroatoms. The maximum atomic E-state index is 12.9. The lowest BCUT2D eigenvalue weighted by Crippen LogP contribution is -2.18. The van der Waals surface area contributed by atoms with Crippen molar-refractivity contribution in [3.63, 3.8) is 0 Å². The van der Waals surface area contributed by atoms with Crippen molar-refractivity contribution in [3.05, 3.63) is 94.8 Å². The first-order valence-corrected chi connectivity index (χ1v) is 11.0. The molecular weight excluding hydrogens is 448 g/mol. The molecule has 0 aliphatic carbocycles. The smallest absolute Gasteiger partial charge is 0.343 e. The van der Waals surface area contributed by atoms with E-state index < -0.39 is 5.97 Å². The number of fused-ring (bicyclic) bond motifs is 2. The van der Waals surface area contributed by atoms with Gasteiger partial charge in [0.1, 0.15) is 34.9 Å². The number of ketones is 1. The molecule has 0 radical (unpaired) electrons. The third-order valence-corrected chi connectivity index (χ3v) is 5.75. The quantitative estimate of drug-likeness (QED) is 0.286. The number of para-hydroxylation sites is 1. The Morgan fingerprint density at radius 1 is 0.914 bits per heavy atom. The molecule has 0 bridgehead atoms. The van der Waals surface area contributed by atoms with Gasteiger partial charge < -0.3 is 23.7 Å². The van der Waals surface area contributed by atoms with Crippen LogP contribution in [0.5, 0.6) is 28.7 Å². The third-order valence-electron chi connectivity index (χ3n) is 5.75. The summed E-state index contributed by atoms with van der Waals surface area (Å²) in [6, 6.07) is 17.1. The van der Waals surface area contributed by atoms with Crippen LogP contribution in [0.2, 0.25) is 0 Å². The maximum Gasteiger partial charge on any atom is 0.343 e. The topological polar surface area (TPSA) is 80.3 Å². The Hall–Kier alpha value is -4.52. The van der Waals surface area contributed by atoms with Crippen molar-refractivity contribution in [2.24, 2.45) is 0 Å². The number of esters is 1. The highest BCUT2D eigenvalue weighted by atomic mass is 16.5. The molecule has 2 heterocycles.